The molecule has 3 heteroatoms. The molecule has 0 spiro atoms. The molecule has 0 amide bonds. The van der Waals surface area contributed by atoms with Crippen molar-refractivity contribution in [1.29, 1.82) is 5.41 Å². The van der Waals surface area contributed by atoms with Crippen molar-refractivity contribution >= 4 is 6.21 Å². The monoisotopic (exact) mass is 155 g/mol. The Morgan fingerprint density at radius 3 is 2.55 bits per heavy atom. The zero-order valence-corrected chi connectivity index (χ0v) is 7.44. The van der Waals surface area contributed by atoms with Gasteiger partial charge in [-0.1, -0.05) is 13.8 Å². The van der Waals surface area contributed by atoms with Gasteiger partial charge in [0, 0.05) is 23.9 Å². The van der Waals surface area contributed by atoms with Gasteiger partial charge in [0.25, 0.3) is 0 Å². The van der Waals surface area contributed by atoms with Crippen LogP contribution in [0, 0.1) is 10.8 Å². The number of nitrogens with one attached hydrogen (secondary N) is 2. The van der Waals surface area contributed by atoms with Gasteiger partial charge in [-0.15, -0.1) is 0 Å². The first-order valence-electron chi connectivity index (χ1n) is 3.66. The van der Waals surface area contributed by atoms with Crippen LogP contribution in [0.5, 0.6) is 0 Å². The van der Waals surface area contributed by atoms with Crippen LogP contribution in [-0.4, -0.2) is 19.8 Å². The molecule has 0 aromatic heterocycles. The zero-order valence-electron chi connectivity index (χ0n) is 7.44. The summed E-state index contributed by atoms with van der Waals surface area (Å²) >= 11 is 0. The Morgan fingerprint density at radius 1 is 1.64 bits per heavy atom. The highest BCUT2D eigenvalue weighted by Crippen LogP contribution is 2.19. The van der Waals surface area contributed by atoms with Crippen molar-refractivity contribution in [2.45, 2.75) is 13.8 Å². The SMILES string of the molecule is CNCC(C)(C)/C(N)=C/C=N. The van der Waals surface area contributed by atoms with Crippen molar-refractivity contribution in [3.05, 3.63) is 11.8 Å². The zero-order chi connectivity index (χ0) is 8.91. The molecule has 0 atom stereocenters. The second-order valence-corrected chi connectivity index (χ2v) is 3.20. The third-order valence-corrected chi connectivity index (χ3v) is 1.66. The molecular weight excluding hydrogens is 138 g/mol. The van der Waals surface area contributed by atoms with Crippen molar-refractivity contribution < 1.29 is 0 Å². The molecule has 0 aliphatic rings. The lowest BCUT2D eigenvalue weighted by molar-refractivity contribution is 0.420. The fourth-order valence-corrected chi connectivity index (χ4v) is 0.859. The van der Waals surface area contributed by atoms with Crippen LogP contribution in [0.3, 0.4) is 0 Å². The molecule has 0 aliphatic carbocycles. The maximum atomic E-state index is 6.84. The average Bonchev–Trinajstić information content (AvgIpc) is 1.88. The molecule has 4 N–H and O–H groups in total. The summed E-state index contributed by atoms with van der Waals surface area (Å²) in [5.41, 5.74) is 6.39. The van der Waals surface area contributed by atoms with Crippen molar-refractivity contribution in [3.63, 3.8) is 0 Å². The Hall–Kier alpha value is -0.830. The molecule has 0 radical (unpaired) electrons. The van der Waals surface area contributed by atoms with Gasteiger partial charge in [-0.3, -0.25) is 0 Å². The van der Waals surface area contributed by atoms with Crippen molar-refractivity contribution in [2.75, 3.05) is 13.6 Å². The van der Waals surface area contributed by atoms with E-state index >= 15 is 0 Å². The predicted molar refractivity (Wildman–Crippen MR) is 48.8 cm³/mol. The van der Waals surface area contributed by atoms with Crippen LogP contribution in [0.4, 0.5) is 0 Å². The number of nitrogens with two attached hydrogens (primary N) is 1. The van der Waals surface area contributed by atoms with E-state index in [1.807, 2.05) is 20.9 Å². The second kappa shape index (κ2) is 4.13. The fourth-order valence-electron chi connectivity index (χ4n) is 0.859. The van der Waals surface area contributed by atoms with Crippen LogP contribution in [0.1, 0.15) is 13.8 Å². The van der Waals surface area contributed by atoms with E-state index in [2.05, 4.69) is 5.32 Å². The Balaban J connectivity index is 4.27. The summed E-state index contributed by atoms with van der Waals surface area (Å²) in [6, 6.07) is 0. The van der Waals surface area contributed by atoms with Crippen molar-refractivity contribution in [2.24, 2.45) is 11.1 Å². The van der Waals surface area contributed by atoms with Gasteiger partial charge in [0.05, 0.1) is 0 Å². The van der Waals surface area contributed by atoms with Gasteiger partial charge in [0.1, 0.15) is 0 Å². The minimum atomic E-state index is -0.0632. The molecule has 11 heavy (non-hydrogen) atoms. The lowest BCUT2D eigenvalue weighted by Crippen LogP contribution is -2.32. The molecule has 0 rings (SSSR count). The van der Waals surface area contributed by atoms with E-state index in [-0.39, 0.29) is 5.41 Å². The van der Waals surface area contributed by atoms with E-state index < -0.39 is 0 Å². The minimum absolute atomic E-state index is 0.0632. The molecular formula is C8H17N3. The Kier molecular flexibility index (Phi) is 3.82. The summed E-state index contributed by atoms with van der Waals surface area (Å²) in [5, 5.41) is 9.89. The van der Waals surface area contributed by atoms with Crippen molar-refractivity contribution in [1.82, 2.24) is 5.32 Å². The summed E-state index contributed by atoms with van der Waals surface area (Å²) in [5.74, 6) is 0. The number of rotatable bonds is 4. The molecule has 0 fully saturated rings. The standard InChI is InChI=1S/C8H17N3/c1-8(2,6-11-3)7(10)4-5-9/h4-5,9,11H,6,10H2,1-3H3/b7-4-,9-5?. The van der Waals surface area contributed by atoms with E-state index in [1.165, 1.54) is 6.21 Å². The summed E-state index contributed by atoms with van der Waals surface area (Å²) in [7, 11) is 1.89. The molecule has 0 aromatic rings. The molecule has 64 valence electrons. The van der Waals surface area contributed by atoms with E-state index in [4.69, 9.17) is 11.1 Å². The third-order valence-electron chi connectivity index (χ3n) is 1.66. The van der Waals surface area contributed by atoms with E-state index in [9.17, 15) is 0 Å². The summed E-state index contributed by atoms with van der Waals surface area (Å²) < 4.78 is 0. The van der Waals surface area contributed by atoms with Gasteiger partial charge >= 0.3 is 0 Å². The summed E-state index contributed by atoms with van der Waals surface area (Å²) in [4.78, 5) is 0. The number of hydrogen-bond donors (Lipinski definition) is 3. The fraction of sp³-hybridized carbons (Fsp3) is 0.625. The normalized spacial score (nSPS) is 13.2. The maximum absolute atomic E-state index is 6.84. The summed E-state index contributed by atoms with van der Waals surface area (Å²) in [6.45, 7) is 4.90. The van der Waals surface area contributed by atoms with Crippen LogP contribution >= 0.6 is 0 Å². The molecule has 0 aromatic carbocycles. The van der Waals surface area contributed by atoms with Crippen LogP contribution in [0.15, 0.2) is 11.8 Å². The quantitative estimate of drug-likeness (QED) is 0.524. The molecule has 0 unspecified atom stereocenters. The Morgan fingerprint density at radius 2 is 2.18 bits per heavy atom. The highest BCUT2D eigenvalue weighted by molar-refractivity contribution is 5.68. The lowest BCUT2D eigenvalue weighted by atomic mass is 9.89. The van der Waals surface area contributed by atoms with Gasteiger partial charge in [-0.05, 0) is 13.1 Å². The van der Waals surface area contributed by atoms with Gasteiger partial charge < -0.3 is 16.5 Å². The second-order valence-electron chi connectivity index (χ2n) is 3.20. The van der Waals surface area contributed by atoms with Crippen molar-refractivity contribution in [3.8, 4) is 0 Å². The first-order valence-corrected chi connectivity index (χ1v) is 3.66. The highest BCUT2D eigenvalue weighted by atomic mass is 14.8. The maximum Gasteiger partial charge on any atom is 0.0195 e. The minimum Gasteiger partial charge on any atom is -0.402 e. The Bertz CT molecular complexity index is 159. The van der Waals surface area contributed by atoms with Gasteiger partial charge in [-0.25, -0.2) is 0 Å². The van der Waals surface area contributed by atoms with Gasteiger partial charge in [0.2, 0.25) is 0 Å². The van der Waals surface area contributed by atoms with Crippen LogP contribution < -0.4 is 11.1 Å². The number of allylic oxidation sites excluding steroid dienone is 1. The van der Waals surface area contributed by atoms with Crippen LogP contribution in [0.25, 0.3) is 0 Å². The van der Waals surface area contributed by atoms with Crippen LogP contribution in [-0.2, 0) is 0 Å². The van der Waals surface area contributed by atoms with Gasteiger partial charge in [-0.2, -0.15) is 0 Å². The highest BCUT2D eigenvalue weighted by Gasteiger charge is 2.18. The average molecular weight is 155 g/mol. The van der Waals surface area contributed by atoms with E-state index in [0.717, 1.165) is 12.2 Å². The molecule has 0 saturated heterocycles. The smallest absolute Gasteiger partial charge is 0.0195 e. The van der Waals surface area contributed by atoms with E-state index in [1.54, 1.807) is 6.08 Å². The molecule has 0 saturated carbocycles. The first-order chi connectivity index (χ1) is 5.04. The predicted octanol–water partition coefficient (Wildman–Crippen LogP) is 0.724. The van der Waals surface area contributed by atoms with Crippen LogP contribution in [0.2, 0.25) is 0 Å². The Labute approximate surface area is 68.2 Å². The van der Waals surface area contributed by atoms with Gasteiger partial charge in [0.15, 0.2) is 0 Å². The third kappa shape index (κ3) is 3.18. The largest absolute Gasteiger partial charge is 0.402 e. The van der Waals surface area contributed by atoms with E-state index in [0.29, 0.717) is 0 Å². The molecule has 0 aliphatic heterocycles. The number of hydrogen-bond acceptors (Lipinski definition) is 3. The molecule has 0 bridgehead atoms. The first kappa shape index (κ1) is 10.2. The molecule has 0 heterocycles. The summed E-state index contributed by atoms with van der Waals surface area (Å²) in [6.07, 6.45) is 2.84. The topological polar surface area (TPSA) is 61.9 Å². The lowest BCUT2D eigenvalue weighted by Gasteiger charge is -2.24. The molecule has 3 nitrogen and oxygen atoms in total.